The lowest BCUT2D eigenvalue weighted by molar-refractivity contribution is 0.0921. The standard InChI is InChI=1S/C19H28N2O3/c1-13(2)21-10-4-5-14(11-21)8-9-20-19(23)15-12-24-17-7-3-6-16(22)18(15)17/h12-14H,3-11H2,1-2H3,(H,20,23)/t14-/m0/s1. The molecule has 3 rings (SSSR count). The summed E-state index contributed by atoms with van der Waals surface area (Å²) in [5.74, 6) is 1.18. The molecule has 1 atom stereocenters. The Morgan fingerprint density at radius 3 is 3.00 bits per heavy atom. The summed E-state index contributed by atoms with van der Waals surface area (Å²) < 4.78 is 5.43. The molecular formula is C19H28N2O3. The monoisotopic (exact) mass is 332 g/mol. The van der Waals surface area contributed by atoms with Gasteiger partial charge in [-0.25, -0.2) is 0 Å². The molecule has 0 radical (unpaired) electrons. The van der Waals surface area contributed by atoms with E-state index < -0.39 is 0 Å². The lowest BCUT2D eigenvalue weighted by Gasteiger charge is -2.35. The molecule has 24 heavy (non-hydrogen) atoms. The number of hydrogen-bond donors (Lipinski definition) is 1. The first-order chi connectivity index (χ1) is 11.6. The van der Waals surface area contributed by atoms with Crippen LogP contribution < -0.4 is 5.32 Å². The first-order valence-corrected chi connectivity index (χ1v) is 9.22. The van der Waals surface area contributed by atoms with Crippen LogP contribution in [0.5, 0.6) is 0 Å². The number of amides is 1. The topological polar surface area (TPSA) is 62.6 Å². The van der Waals surface area contributed by atoms with E-state index in [1.165, 1.54) is 25.6 Å². The molecule has 1 amide bonds. The third-order valence-electron chi connectivity index (χ3n) is 5.32. The first kappa shape index (κ1) is 17.2. The smallest absolute Gasteiger partial charge is 0.255 e. The van der Waals surface area contributed by atoms with Gasteiger partial charge in [0.1, 0.15) is 12.0 Å². The summed E-state index contributed by atoms with van der Waals surface area (Å²) in [6.45, 7) is 7.44. The number of nitrogens with zero attached hydrogens (tertiary/aromatic N) is 1. The van der Waals surface area contributed by atoms with Gasteiger partial charge in [-0.3, -0.25) is 9.59 Å². The number of carbonyl (C=O) groups is 2. The van der Waals surface area contributed by atoms with Crippen LogP contribution in [0.3, 0.4) is 0 Å². The molecule has 5 heteroatoms. The minimum atomic E-state index is -0.174. The average molecular weight is 332 g/mol. The summed E-state index contributed by atoms with van der Waals surface area (Å²) in [7, 11) is 0. The molecule has 0 spiro atoms. The maximum atomic E-state index is 12.4. The van der Waals surface area contributed by atoms with Gasteiger partial charge in [0, 0.05) is 32.0 Å². The number of nitrogens with one attached hydrogen (secondary N) is 1. The van der Waals surface area contributed by atoms with E-state index in [4.69, 9.17) is 4.42 Å². The van der Waals surface area contributed by atoms with Crippen LogP contribution in [0.4, 0.5) is 0 Å². The zero-order valence-electron chi connectivity index (χ0n) is 14.8. The van der Waals surface area contributed by atoms with Gasteiger partial charge in [-0.15, -0.1) is 0 Å². The molecule has 2 heterocycles. The van der Waals surface area contributed by atoms with Crippen LogP contribution in [-0.4, -0.2) is 42.3 Å². The summed E-state index contributed by atoms with van der Waals surface area (Å²) in [4.78, 5) is 27.0. The molecule has 0 aromatic carbocycles. The fraction of sp³-hybridized carbons (Fsp3) is 0.684. The Bertz CT molecular complexity index is 606. The molecule has 0 unspecified atom stereocenters. The van der Waals surface area contributed by atoms with E-state index in [1.807, 2.05) is 0 Å². The molecule has 1 aromatic rings. The van der Waals surface area contributed by atoms with Crippen molar-refractivity contribution in [1.82, 2.24) is 10.2 Å². The summed E-state index contributed by atoms with van der Waals surface area (Å²) >= 11 is 0. The second-order valence-corrected chi connectivity index (χ2v) is 7.37. The van der Waals surface area contributed by atoms with E-state index in [9.17, 15) is 9.59 Å². The second-order valence-electron chi connectivity index (χ2n) is 7.37. The van der Waals surface area contributed by atoms with Crippen molar-refractivity contribution in [2.45, 2.75) is 58.4 Å². The summed E-state index contributed by atoms with van der Waals surface area (Å²) in [5, 5.41) is 2.98. The van der Waals surface area contributed by atoms with Gasteiger partial charge in [-0.05, 0) is 52.0 Å². The van der Waals surface area contributed by atoms with Gasteiger partial charge in [0.05, 0.1) is 11.1 Å². The number of carbonyl (C=O) groups excluding carboxylic acids is 2. The third kappa shape index (κ3) is 3.72. The fourth-order valence-corrected chi connectivity index (χ4v) is 3.88. The molecule has 0 bridgehead atoms. The van der Waals surface area contributed by atoms with E-state index >= 15 is 0 Å². The fourth-order valence-electron chi connectivity index (χ4n) is 3.88. The van der Waals surface area contributed by atoms with Crippen molar-refractivity contribution in [2.24, 2.45) is 5.92 Å². The number of piperidine rings is 1. The Hall–Kier alpha value is -1.62. The molecule has 1 aromatic heterocycles. The zero-order chi connectivity index (χ0) is 17.1. The van der Waals surface area contributed by atoms with Gasteiger partial charge >= 0.3 is 0 Å². The number of ketones is 1. The Morgan fingerprint density at radius 2 is 2.21 bits per heavy atom. The highest BCUT2D eigenvalue weighted by molar-refractivity contribution is 6.09. The van der Waals surface area contributed by atoms with Crippen molar-refractivity contribution in [3.63, 3.8) is 0 Å². The van der Waals surface area contributed by atoms with Gasteiger partial charge in [-0.1, -0.05) is 0 Å². The van der Waals surface area contributed by atoms with Crippen LogP contribution in [0.2, 0.25) is 0 Å². The van der Waals surface area contributed by atoms with E-state index in [2.05, 4.69) is 24.1 Å². The Labute approximate surface area is 143 Å². The van der Waals surface area contributed by atoms with Crippen LogP contribution in [-0.2, 0) is 6.42 Å². The molecule has 1 saturated heterocycles. The van der Waals surface area contributed by atoms with Gasteiger partial charge in [-0.2, -0.15) is 0 Å². The van der Waals surface area contributed by atoms with Crippen molar-refractivity contribution in [1.29, 1.82) is 0 Å². The van der Waals surface area contributed by atoms with E-state index in [1.54, 1.807) is 0 Å². The number of Topliss-reactive ketones (excluding diaryl/α,β-unsaturated/α-hetero) is 1. The summed E-state index contributed by atoms with van der Waals surface area (Å²) in [6.07, 6.45) is 6.99. The maximum absolute atomic E-state index is 12.4. The highest BCUT2D eigenvalue weighted by atomic mass is 16.3. The van der Waals surface area contributed by atoms with Crippen molar-refractivity contribution < 1.29 is 14.0 Å². The number of hydrogen-bond acceptors (Lipinski definition) is 4. The summed E-state index contributed by atoms with van der Waals surface area (Å²) in [6, 6.07) is 0.589. The molecule has 5 nitrogen and oxygen atoms in total. The van der Waals surface area contributed by atoms with Gasteiger partial charge in [0.15, 0.2) is 5.78 Å². The van der Waals surface area contributed by atoms with Crippen LogP contribution in [0, 0.1) is 5.92 Å². The van der Waals surface area contributed by atoms with Gasteiger partial charge in [0.25, 0.3) is 5.91 Å². The molecule has 2 aliphatic rings. The van der Waals surface area contributed by atoms with Crippen molar-refractivity contribution in [2.75, 3.05) is 19.6 Å². The molecule has 1 aliphatic heterocycles. The SMILES string of the molecule is CC(C)N1CCC[C@@H](CCNC(=O)c2coc3c2C(=O)CCC3)C1. The predicted octanol–water partition coefficient (Wildman–Crippen LogP) is 3.04. The Morgan fingerprint density at radius 1 is 1.38 bits per heavy atom. The molecule has 132 valence electrons. The quantitative estimate of drug-likeness (QED) is 0.900. The van der Waals surface area contributed by atoms with E-state index in [0.717, 1.165) is 25.8 Å². The molecule has 1 fully saturated rings. The van der Waals surface area contributed by atoms with E-state index in [0.29, 0.717) is 41.8 Å². The van der Waals surface area contributed by atoms with Crippen LogP contribution in [0.1, 0.15) is 72.4 Å². The minimum Gasteiger partial charge on any atom is -0.468 e. The predicted molar refractivity (Wildman–Crippen MR) is 92.4 cm³/mol. The zero-order valence-corrected chi connectivity index (χ0v) is 14.8. The largest absolute Gasteiger partial charge is 0.468 e. The number of fused-ring (bicyclic) bond motifs is 1. The maximum Gasteiger partial charge on any atom is 0.255 e. The Balaban J connectivity index is 1.51. The van der Waals surface area contributed by atoms with Crippen molar-refractivity contribution in [3.8, 4) is 0 Å². The van der Waals surface area contributed by atoms with Crippen molar-refractivity contribution in [3.05, 3.63) is 23.2 Å². The lowest BCUT2D eigenvalue weighted by atomic mass is 9.93. The second kappa shape index (κ2) is 7.51. The average Bonchev–Trinajstić information content (AvgIpc) is 3.00. The van der Waals surface area contributed by atoms with Crippen molar-refractivity contribution >= 4 is 11.7 Å². The first-order valence-electron chi connectivity index (χ1n) is 9.22. The molecular weight excluding hydrogens is 304 g/mol. The molecule has 0 saturated carbocycles. The van der Waals surface area contributed by atoms with Gasteiger partial charge in [0.2, 0.25) is 0 Å². The van der Waals surface area contributed by atoms with Crippen LogP contribution in [0.25, 0.3) is 0 Å². The molecule has 1 aliphatic carbocycles. The molecule has 1 N–H and O–H groups in total. The Kier molecular flexibility index (Phi) is 5.39. The lowest BCUT2D eigenvalue weighted by Crippen LogP contribution is -2.41. The minimum absolute atomic E-state index is 0.0370. The van der Waals surface area contributed by atoms with E-state index in [-0.39, 0.29) is 11.7 Å². The van der Waals surface area contributed by atoms with Gasteiger partial charge < -0.3 is 14.6 Å². The third-order valence-corrected chi connectivity index (χ3v) is 5.32. The number of rotatable bonds is 5. The van der Waals surface area contributed by atoms with Crippen LogP contribution >= 0.6 is 0 Å². The highest BCUT2D eigenvalue weighted by Gasteiger charge is 2.28. The highest BCUT2D eigenvalue weighted by Crippen LogP contribution is 2.26. The number of likely N-dealkylation sites (tertiary alicyclic amines) is 1. The number of aryl methyl sites for hydroxylation is 1. The van der Waals surface area contributed by atoms with Crippen LogP contribution in [0.15, 0.2) is 10.7 Å². The number of furan rings is 1. The summed E-state index contributed by atoms with van der Waals surface area (Å²) in [5.41, 5.74) is 0.935. The normalized spacial score (nSPS) is 21.8.